The lowest BCUT2D eigenvalue weighted by atomic mass is 9.93. The summed E-state index contributed by atoms with van der Waals surface area (Å²) in [6, 6.07) is 1.16. The highest BCUT2D eigenvalue weighted by atomic mass is 31.2. The van der Waals surface area contributed by atoms with E-state index in [4.69, 9.17) is 33.5 Å². The van der Waals surface area contributed by atoms with Gasteiger partial charge in [-0.2, -0.15) is 0 Å². The van der Waals surface area contributed by atoms with Gasteiger partial charge in [-0.3, -0.25) is 27.9 Å². The van der Waals surface area contributed by atoms with Gasteiger partial charge in [-0.1, -0.05) is 0 Å². The Labute approximate surface area is 183 Å². The molecular weight excluding hydrogens is 449 g/mol. The van der Waals surface area contributed by atoms with Gasteiger partial charge in [-0.25, -0.2) is 14.2 Å². The number of nitrogens with two attached hydrogens (primary N) is 1. The van der Waals surface area contributed by atoms with E-state index < -0.39 is 55.1 Å². The summed E-state index contributed by atoms with van der Waals surface area (Å²) in [6.07, 6.45) is -2.59. The van der Waals surface area contributed by atoms with Gasteiger partial charge in [0.1, 0.15) is 12.2 Å². The second kappa shape index (κ2) is 9.56. The number of aromatic nitrogens is 2. The molecule has 1 aromatic heterocycles. The summed E-state index contributed by atoms with van der Waals surface area (Å²) in [5.74, 6) is -0.567. The third-order valence-corrected chi connectivity index (χ3v) is 6.51. The van der Waals surface area contributed by atoms with Crippen molar-refractivity contribution >= 4 is 13.8 Å². The molecule has 2 fully saturated rings. The fourth-order valence-corrected chi connectivity index (χ4v) is 5.02. The molecule has 3 heterocycles. The van der Waals surface area contributed by atoms with Crippen molar-refractivity contribution in [1.82, 2.24) is 9.55 Å². The summed E-state index contributed by atoms with van der Waals surface area (Å²) in [7, 11) is -2.69. The van der Waals surface area contributed by atoms with Crippen LogP contribution in [-0.4, -0.2) is 65.8 Å². The van der Waals surface area contributed by atoms with E-state index in [1.54, 1.807) is 20.8 Å². The van der Waals surface area contributed by atoms with Crippen LogP contribution in [0.3, 0.4) is 0 Å². The molecule has 180 valence electrons. The molecule has 2 aliphatic heterocycles. The van der Waals surface area contributed by atoms with Crippen LogP contribution in [0.25, 0.3) is 0 Å². The Kier molecular flexibility index (Phi) is 7.40. The number of methoxy groups -OCH3 is 1. The van der Waals surface area contributed by atoms with Crippen molar-refractivity contribution < 1.29 is 37.1 Å². The molecule has 0 radical (unpaired) electrons. The minimum Gasteiger partial charge on any atom is -0.461 e. The SMILES string of the molecule is CO[C@H](CCO[P@@]1(=O)OC[C@H]2O[C@@H](n3ccc(=O)[nH]c3=O)[C@](C)(N)[C@@H]2O1)C(=O)OC(C)C. The van der Waals surface area contributed by atoms with Gasteiger partial charge in [0.25, 0.3) is 5.56 Å². The van der Waals surface area contributed by atoms with Crippen LogP contribution in [0, 0.1) is 0 Å². The number of hydrogen-bond donors (Lipinski definition) is 2. The summed E-state index contributed by atoms with van der Waals surface area (Å²) < 4.78 is 46.3. The molecule has 6 atom stereocenters. The van der Waals surface area contributed by atoms with Gasteiger partial charge in [0.15, 0.2) is 12.3 Å². The zero-order valence-corrected chi connectivity index (χ0v) is 19.1. The van der Waals surface area contributed by atoms with Crippen molar-refractivity contribution in [2.24, 2.45) is 5.73 Å². The minimum atomic E-state index is -4.04. The van der Waals surface area contributed by atoms with Gasteiger partial charge in [0.2, 0.25) is 0 Å². The number of ether oxygens (including phenoxy) is 3. The largest absolute Gasteiger partial charge is 0.475 e. The predicted octanol–water partition coefficient (Wildman–Crippen LogP) is 0.0482. The first-order chi connectivity index (χ1) is 15.0. The first-order valence-electron chi connectivity index (χ1n) is 10.0. The summed E-state index contributed by atoms with van der Waals surface area (Å²) in [4.78, 5) is 37.6. The van der Waals surface area contributed by atoms with E-state index in [0.29, 0.717) is 0 Å². The summed E-state index contributed by atoms with van der Waals surface area (Å²) in [6.45, 7) is 4.65. The molecular formula is C18H28N3O10P. The Morgan fingerprint density at radius 1 is 1.44 bits per heavy atom. The average Bonchev–Trinajstić information content (AvgIpc) is 2.95. The number of H-pyrrole nitrogens is 1. The van der Waals surface area contributed by atoms with Crippen molar-refractivity contribution in [3.05, 3.63) is 33.1 Å². The number of nitrogens with one attached hydrogen (secondary N) is 1. The first-order valence-corrected chi connectivity index (χ1v) is 11.5. The minimum absolute atomic E-state index is 0.0542. The van der Waals surface area contributed by atoms with Gasteiger partial charge < -0.3 is 19.9 Å². The van der Waals surface area contributed by atoms with Crippen molar-refractivity contribution in [3.63, 3.8) is 0 Å². The van der Waals surface area contributed by atoms with Crippen LogP contribution >= 0.6 is 7.82 Å². The van der Waals surface area contributed by atoms with E-state index in [9.17, 15) is 18.9 Å². The van der Waals surface area contributed by atoms with Crippen molar-refractivity contribution in [3.8, 4) is 0 Å². The highest BCUT2D eigenvalue weighted by molar-refractivity contribution is 7.48. The normalized spacial score (nSPS) is 33.1. The predicted molar refractivity (Wildman–Crippen MR) is 109 cm³/mol. The highest BCUT2D eigenvalue weighted by Crippen LogP contribution is 2.58. The van der Waals surface area contributed by atoms with Crippen molar-refractivity contribution in [2.75, 3.05) is 20.3 Å². The topological polar surface area (TPSA) is 170 Å². The summed E-state index contributed by atoms with van der Waals surface area (Å²) >= 11 is 0. The van der Waals surface area contributed by atoms with Crippen LogP contribution in [-0.2, 0) is 37.1 Å². The lowest BCUT2D eigenvalue weighted by Gasteiger charge is -2.35. The maximum atomic E-state index is 13.0. The third kappa shape index (κ3) is 5.20. The number of esters is 1. The van der Waals surface area contributed by atoms with Crippen molar-refractivity contribution in [1.29, 1.82) is 0 Å². The van der Waals surface area contributed by atoms with Crippen LogP contribution in [0.2, 0.25) is 0 Å². The zero-order valence-electron chi connectivity index (χ0n) is 18.2. The molecule has 3 rings (SSSR count). The quantitative estimate of drug-likeness (QED) is 0.383. The maximum absolute atomic E-state index is 13.0. The molecule has 0 saturated carbocycles. The van der Waals surface area contributed by atoms with E-state index >= 15 is 0 Å². The lowest BCUT2D eigenvalue weighted by Crippen LogP contribution is -2.55. The number of fused-ring (bicyclic) bond motifs is 1. The van der Waals surface area contributed by atoms with E-state index in [0.717, 1.165) is 10.6 Å². The summed E-state index contributed by atoms with van der Waals surface area (Å²) in [5.41, 5.74) is 3.82. The van der Waals surface area contributed by atoms with E-state index in [-0.39, 0.29) is 25.7 Å². The lowest BCUT2D eigenvalue weighted by molar-refractivity contribution is -0.160. The molecule has 14 heteroatoms. The van der Waals surface area contributed by atoms with Crippen LogP contribution in [0.15, 0.2) is 21.9 Å². The molecule has 1 aromatic rings. The maximum Gasteiger partial charge on any atom is 0.475 e. The third-order valence-electron chi connectivity index (χ3n) is 5.06. The molecule has 0 bridgehead atoms. The Morgan fingerprint density at radius 3 is 2.78 bits per heavy atom. The number of phosphoric ester groups is 1. The standard InChI is InChI=1S/C18H28N3O10P/c1-10(2)29-15(23)11(26-4)6-8-27-32(25)28-9-12-14(31-32)18(3,19)16(30-12)21-7-5-13(22)20-17(21)24/h5,7,10-12,14,16H,6,8-9,19H2,1-4H3,(H,20,22,24)/t11-,12-,14-,16-,18-,32+/m1/s1. The number of carbonyl (C=O) groups is 1. The molecule has 2 saturated heterocycles. The van der Waals surface area contributed by atoms with Gasteiger partial charge >= 0.3 is 19.5 Å². The van der Waals surface area contributed by atoms with Crippen LogP contribution in [0.5, 0.6) is 0 Å². The van der Waals surface area contributed by atoms with Crippen molar-refractivity contribution in [2.45, 2.75) is 63.4 Å². The molecule has 13 nitrogen and oxygen atoms in total. The Bertz CT molecular complexity index is 990. The molecule has 0 aliphatic carbocycles. The highest BCUT2D eigenvalue weighted by Gasteiger charge is 2.59. The Morgan fingerprint density at radius 2 is 2.16 bits per heavy atom. The molecule has 3 N–H and O–H groups in total. The smallest absolute Gasteiger partial charge is 0.461 e. The fourth-order valence-electron chi connectivity index (χ4n) is 3.52. The molecule has 0 amide bonds. The average molecular weight is 477 g/mol. The van der Waals surface area contributed by atoms with Gasteiger partial charge in [-0.05, 0) is 20.8 Å². The molecule has 2 aliphatic rings. The molecule has 0 spiro atoms. The molecule has 0 aromatic carbocycles. The Hall–Kier alpha value is -1.86. The van der Waals surface area contributed by atoms with Gasteiger partial charge in [0, 0.05) is 25.8 Å². The zero-order chi connectivity index (χ0) is 23.7. The van der Waals surface area contributed by atoms with E-state index in [1.807, 2.05) is 0 Å². The van der Waals surface area contributed by atoms with Crippen LogP contribution < -0.4 is 17.0 Å². The monoisotopic (exact) mass is 477 g/mol. The number of aromatic amines is 1. The number of hydrogen-bond acceptors (Lipinski definition) is 11. The van der Waals surface area contributed by atoms with Crippen LogP contribution in [0.4, 0.5) is 0 Å². The second-order valence-corrected chi connectivity index (χ2v) is 9.63. The van der Waals surface area contributed by atoms with Gasteiger partial charge in [0.05, 0.1) is 24.9 Å². The number of nitrogens with zero attached hydrogens (tertiary/aromatic N) is 1. The first kappa shape index (κ1) is 24.8. The fraction of sp³-hybridized carbons (Fsp3) is 0.722. The number of phosphoric acid groups is 1. The number of carbonyl (C=O) groups excluding carboxylic acids is 1. The van der Waals surface area contributed by atoms with E-state index in [1.165, 1.54) is 13.3 Å². The second-order valence-electron chi connectivity index (χ2n) is 8.01. The van der Waals surface area contributed by atoms with Gasteiger partial charge in [-0.15, -0.1) is 0 Å². The molecule has 32 heavy (non-hydrogen) atoms. The summed E-state index contributed by atoms with van der Waals surface area (Å²) in [5, 5.41) is 0. The molecule has 0 unspecified atom stereocenters. The van der Waals surface area contributed by atoms with E-state index in [2.05, 4.69) is 4.98 Å². The Balaban J connectivity index is 1.66. The van der Waals surface area contributed by atoms with Crippen LogP contribution in [0.1, 0.15) is 33.4 Å². The number of rotatable bonds is 8.